The molecule has 1 aromatic carbocycles. The maximum absolute atomic E-state index is 13.8. The summed E-state index contributed by atoms with van der Waals surface area (Å²) in [6.45, 7) is 0.298. The Bertz CT molecular complexity index is 1010. The standard InChI is InChI=1S/C21H23FN2O2/c22-16-8-9-18-20(14-16)24(21(26)19-7-4-11-23(18)19)12-10-17(25)13-15-5-2-1-3-6-15/h4,7-9,11,14-15H,1-3,5-6,10,12-13H2. The highest BCUT2D eigenvalue weighted by Gasteiger charge is 2.18. The Labute approximate surface area is 151 Å². The molecule has 136 valence electrons. The Balaban J connectivity index is 1.62. The van der Waals surface area contributed by atoms with Gasteiger partial charge in [-0.05, 0) is 36.2 Å². The van der Waals surface area contributed by atoms with Crippen LogP contribution in [0.5, 0.6) is 0 Å². The predicted octanol–water partition coefficient (Wildman–Crippen LogP) is 4.32. The largest absolute Gasteiger partial charge is 0.310 e. The van der Waals surface area contributed by atoms with Crippen LogP contribution in [0, 0.1) is 11.7 Å². The van der Waals surface area contributed by atoms with E-state index in [1.807, 2.05) is 0 Å². The van der Waals surface area contributed by atoms with Gasteiger partial charge in [-0.15, -0.1) is 0 Å². The van der Waals surface area contributed by atoms with Gasteiger partial charge in [0.2, 0.25) is 0 Å². The van der Waals surface area contributed by atoms with E-state index in [2.05, 4.69) is 0 Å². The highest BCUT2D eigenvalue weighted by molar-refractivity contribution is 5.81. The normalized spacial score (nSPS) is 15.7. The van der Waals surface area contributed by atoms with Crippen LogP contribution in [0.4, 0.5) is 4.39 Å². The Morgan fingerprint density at radius 1 is 1.08 bits per heavy atom. The van der Waals surface area contributed by atoms with Gasteiger partial charge in [-0.3, -0.25) is 9.59 Å². The van der Waals surface area contributed by atoms with E-state index in [4.69, 9.17) is 0 Å². The number of aromatic nitrogens is 2. The number of Topliss-reactive ketones (excluding diaryl/α,β-unsaturated/α-hetero) is 1. The summed E-state index contributed by atoms with van der Waals surface area (Å²) >= 11 is 0. The summed E-state index contributed by atoms with van der Waals surface area (Å²) in [7, 11) is 0. The van der Waals surface area contributed by atoms with Crippen molar-refractivity contribution in [1.82, 2.24) is 8.97 Å². The van der Waals surface area contributed by atoms with Crippen molar-refractivity contribution >= 4 is 22.3 Å². The number of nitrogens with zero attached hydrogens (tertiary/aromatic N) is 2. The van der Waals surface area contributed by atoms with Crippen LogP contribution in [0.1, 0.15) is 44.9 Å². The fraction of sp³-hybridized carbons (Fsp3) is 0.429. The van der Waals surface area contributed by atoms with Gasteiger partial charge in [0.25, 0.3) is 5.56 Å². The Morgan fingerprint density at radius 2 is 1.88 bits per heavy atom. The van der Waals surface area contributed by atoms with Crippen LogP contribution < -0.4 is 5.56 Å². The number of rotatable bonds is 5. The molecule has 0 spiro atoms. The first-order valence-corrected chi connectivity index (χ1v) is 9.44. The average molecular weight is 354 g/mol. The molecule has 0 aliphatic heterocycles. The van der Waals surface area contributed by atoms with Gasteiger partial charge in [-0.25, -0.2) is 4.39 Å². The number of hydrogen-bond donors (Lipinski definition) is 0. The first kappa shape index (κ1) is 17.0. The number of ketones is 1. The van der Waals surface area contributed by atoms with E-state index in [9.17, 15) is 14.0 Å². The summed E-state index contributed by atoms with van der Waals surface area (Å²) < 4.78 is 17.1. The van der Waals surface area contributed by atoms with Crippen molar-refractivity contribution in [1.29, 1.82) is 0 Å². The van der Waals surface area contributed by atoms with Gasteiger partial charge in [-0.1, -0.05) is 32.1 Å². The first-order chi connectivity index (χ1) is 12.6. The molecule has 0 N–H and O–H groups in total. The minimum atomic E-state index is -0.384. The molecule has 0 amide bonds. The molecule has 2 aromatic heterocycles. The molecule has 3 aromatic rings. The van der Waals surface area contributed by atoms with Crippen molar-refractivity contribution in [3.05, 3.63) is 52.7 Å². The molecule has 0 saturated heterocycles. The van der Waals surface area contributed by atoms with E-state index in [0.717, 1.165) is 18.4 Å². The molecule has 1 aliphatic rings. The lowest BCUT2D eigenvalue weighted by Crippen LogP contribution is -2.24. The topological polar surface area (TPSA) is 43.5 Å². The second-order valence-electron chi connectivity index (χ2n) is 7.35. The van der Waals surface area contributed by atoms with E-state index >= 15 is 0 Å². The SMILES string of the molecule is O=C(CCn1c(=O)c2cccn2c2ccc(F)cc21)CC1CCCCC1. The maximum Gasteiger partial charge on any atom is 0.275 e. The summed E-state index contributed by atoms with van der Waals surface area (Å²) in [4.78, 5) is 25.2. The molecule has 4 rings (SSSR count). The van der Waals surface area contributed by atoms with Crippen molar-refractivity contribution in [2.75, 3.05) is 0 Å². The Morgan fingerprint density at radius 3 is 2.69 bits per heavy atom. The van der Waals surface area contributed by atoms with Crippen LogP contribution in [0.25, 0.3) is 16.6 Å². The fourth-order valence-corrected chi connectivity index (χ4v) is 4.20. The minimum Gasteiger partial charge on any atom is -0.310 e. The monoisotopic (exact) mass is 354 g/mol. The lowest BCUT2D eigenvalue weighted by atomic mass is 9.85. The number of aryl methyl sites for hydroxylation is 1. The lowest BCUT2D eigenvalue weighted by molar-refractivity contribution is -0.120. The van der Waals surface area contributed by atoms with Crippen LogP contribution in [-0.4, -0.2) is 14.8 Å². The smallest absolute Gasteiger partial charge is 0.275 e. The summed E-state index contributed by atoms with van der Waals surface area (Å²) in [6.07, 6.45) is 8.70. The summed E-state index contributed by atoms with van der Waals surface area (Å²) in [5.41, 5.74) is 1.66. The summed E-state index contributed by atoms with van der Waals surface area (Å²) in [6, 6.07) is 8.01. The zero-order valence-electron chi connectivity index (χ0n) is 14.8. The molecule has 1 fully saturated rings. The zero-order valence-corrected chi connectivity index (χ0v) is 14.8. The Kier molecular flexibility index (Phi) is 4.62. The quantitative estimate of drug-likeness (QED) is 0.685. The van der Waals surface area contributed by atoms with Gasteiger partial charge in [-0.2, -0.15) is 0 Å². The second-order valence-corrected chi connectivity index (χ2v) is 7.35. The van der Waals surface area contributed by atoms with Crippen molar-refractivity contribution in [2.24, 2.45) is 5.92 Å². The number of carbonyl (C=O) groups excluding carboxylic acids is 1. The second kappa shape index (κ2) is 7.06. The van der Waals surface area contributed by atoms with Crippen LogP contribution in [0.15, 0.2) is 41.3 Å². The minimum absolute atomic E-state index is 0.182. The summed E-state index contributed by atoms with van der Waals surface area (Å²) in [5.74, 6) is 0.310. The molecule has 5 heteroatoms. The molecule has 4 nitrogen and oxygen atoms in total. The van der Waals surface area contributed by atoms with Crippen LogP contribution >= 0.6 is 0 Å². The van der Waals surface area contributed by atoms with Crippen molar-refractivity contribution in [3.63, 3.8) is 0 Å². The predicted molar refractivity (Wildman–Crippen MR) is 99.9 cm³/mol. The van der Waals surface area contributed by atoms with Gasteiger partial charge in [0.1, 0.15) is 17.1 Å². The third kappa shape index (κ3) is 3.18. The zero-order chi connectivity index (χ0) is 18.1. The highest BCUT2D eigenvalue weighted by Crippen LogP contribution is 2.27. The third-order valence-corrected chi connectivity index (χ3v) is 5.56. The fourth-order valence-electron chi connectivity index (χ4n) is 4.20. The van der Waals surface area contributed by atoms with Gasteiger partial charge >= 0.3 is 0 Å². The lowest BCUT2D eigenvalue weighted by Gasteiger charge is -2.20. The number of benzene rings is 1. The molecule has 0 unspecified atom stereocenters. The number of fused-ring (bicyclic) bond motifs is 3. The third-order valence-electron chi connectivity index (χ3n) is 5.56. The van der Waals surface area contributed by atoms with Gasteiger partial charge in [0.05, 0.1) is 11.0 Å². The maximum atomic E-state index is 13.8. The molecule has 0 atom stereocenters. The van der Waals surface area contributed by atoms with E-state index in [-0.39, 0.29) is 17.2 Å². The van der Waals surface area contributed by atoms with Crippen molar-refractivity contribution in [3.8, 4) is 0 Å². The molecule has 26 heavy (non-hydrogen) atoms. The summed E-state index contributed by atoms with van der Waals surface area (Å²) in [5, 5.41) is 0. The number of halogens is 1. The van der Waals surface area contributed by atoms with E-state index in [1.54, 1.807) is 33.4 Å². The molecule has 2 heterocycles. The molecular formula is C21H23FN2O2. The van der Waals surface area contributed by atoms with Crippen molar-refractivity contribution < 1.29 is 9.18 Å². The molecular weight excluding hydrogens is 331 g/mol. The first-order valence-electron chi connectivity index (χ1n) is 9.44. The molecule has 1 saturated carbocycles. The van der Waals surface area contributed by atoms with Gasteiger partial charge in [0.15, 0.2) is 0 Å². The van der Waals surface area contributed by atoms with E-state index in [1.165, 1.54) is 31.4 Å². The van der Waals surface area contributed by atoms with E-state index in [0.29, 0.717) is 36.3 Å². The molecule has 0 radical (unpaired) electrons. The number of carbonyl (C=O) groups is 1. The average Bonchev–Trinajstić information content (AvgIpc) is 3.12. The van der Waals surface area contributed by atoms with Crippen LogP contribution in [0.3, 0.4) is 0 Å². The molecule has 0 bridgehead atoms. The van der Waals surface area contributed by atoms with Crippen LogP contribution in [-0.2, 0) is 11.3 Å². The van der Waals surface area contributed by atoms with E-state index < -0.39 is 0 Å². The number of hydrogen-bond acceptors (Lipinski definition) is 2. The Hall–Kier alpha value is -2.43. The van der Waals surface area contributed by atoms with Gasteiger partial charge in [0, 0.05) is 25.6 Å². The molecule has 1 aliphatic carbocycles. The van der Waals surface area contributed by atoms with Crippen molar-refractivity contribution in [2.45, 2.75) is 51.5 Å². The highest BCUT2D eigenvalue weighted by atomic mass is 19.1. The van der Waals surface area contributed by atoms with Crippen LogP contribution in [0.2, 0.25) is 0 Å². The van der Waals surface area contributed by atoms with Gasteiger partial charge < -0.3 is 8.97 Å².